The fourth-order valence-corrected chi connectivity index (χ4v) is 2.45. The van der Waals surface area contributed by atoms with E-state index in [9.17, 15) is 0 Å². The molecule has 25 heavy (non-hydrogen) atoms. The van der Waals surface area contributed by atoms with E-state index < -0.39 is 0 Å². The molecule has 0 amide bonds. The number of aromatic amines is 1. The quantitative estimate of drug-likeness (QED) is 0.541. The van der Waals surface area contributed by atoms with Crippen LogP contribution in [0.1, 0.15) is 16.7 Å². The SMILES string of the molecule is COc1cc(/C=N\n2cn[nH]c2=S)ccc1OCc1cccc(C)c1. The van der Waals surface area contributed by atoms with Crippen LogP contribution in [0, 0.1) is 11.7 Å². The number of aryl methyl sites for hydroxylation is 1. The van der Waals surface area contributed by atoms with Crippen LogP contribution in [0.5, 0.6) is 11.5 Å². The number of nitrogens with zero attached hydrogens (tertiary/aromatic N) is 3. The van der Waals surface area contributed by atoms with Crippen molar-refractivity contribution in [1.82, 2.24) is 14.9 Å². The third-order valence-corrected chi connectivity index (χ3v) is 3.81. The molecule has 0 saturated heterocycles. The van der Waals surface area contributed by atoms with Gasteiger partial charge in [-0.05, 0) is 48.5 Å². The maximum Gasteiger partial charge on any atom is 0.216 e. The van der Waals surface area contributed by atoms with Gasteiger partial charge >= 0.3 is 0 Å². The summed E-state index contributed by atoms with van der Waals surface area (Å²) in [5.74, 6) is 1.33. The minimum atomic E-state index is 0.432. The third kappa shape index (κ3) is 4.33. The van der Waals surface area contributed by atoms with Crippen molar-refractivity contribution in [1.29, 1.82) is 0 Å². The van der Waals surface area contributed by atoms with Gasteiger partial charge in [0, 0.05) is 0 Å². The zero-order chi connectivity index (χ0) is 17.6. The third-order valence-electron chi connectivity index (χ3n) is 3.53. The number of hydrogen-bond donors (Lipinski definition) is 1. The molecule has 128 valence electrons. The normalized spacial score (nSPS) is 11.0. The molecule has 7 heteroatoms. The van der Waals surface area contributed by atoms with Crippen molar-refractivity contribution in [3.05, 3.63) is 70.3 Å². The number of ether oxygens (including phenoxy) is 2. The van der Waals surface area contributed by atoms with Crippen LogP contribution in [0.4, 0.5) is 0 Å². The molecule has 1 N–H and O–H groups in total. The number of H-pyrrole nitrogens is 1. The zero-order valence-corrected chi connectivity index (χ0v) is 14.8. The molecule has 0 bridgehead atoms. The van der Waals surface area contributed by atoms with Crippen molar-refractivity contribution in [2.24, 2.45) is 5.10 Å². The monoisotopic (exact) mass is 354 g/mol. The van der Waals surface area contributed by atoms with Crippen molar-refractivity contribution >= 4 is 18.4 Å². The lowest BCUT2D eigenvalue weighted by Crippen LogP contribution is -1.99. The van der Waals surface area contributed by atoms with Crippen LogP contribution in [-0.2, 0) is 6.61 Å². The lowest BCUT2D eigenvalue weighted by atomic mass is 10.1. The van der Waals surface area contributed by atoms with Gasteiger partial charge < -0.3 is 9.47 Å². The summed E-state index contributed by atoms with van der Waals surface area (Å²) in [4.78, 5) is 0. The Balaban J connectivity index is 1.74. The number of rotatable bonds is 6. The van der Waals surface area contributed by atoms with Crippen LogP contribution in [0.25, 0.3) is 0 Å². The maximum atomic E-state index is 5.89. The summed E-state index contributed by atoms with van der Waals surface area (Å²) in [6.07, 6.45) is 3.19. The molecule has 0 radical (unpaired) electrons. The Labute approximate surface area is 150 Å². The Morgan fingerprint density at radius 2 is 2.12 bits per heavy atom. The first-order valence-corrected chi connectivity index (χ1v) is 8.09. The Morgan fingerprint density at radius 3 is 2.84 bits per heavy atom. The van der Waals surface area contributed by atoms with Gasteiger partial charge in [-0.1, -0.05) is 29.8 Å². The lowest BCUT2D eigenvalue weighted by Gasteiger charge is -2.11. The number of aromatic nitrogens is 3. The lowest BCUT2D eigenvalue weighted by molar-refractivity contribution is 0.284. The van der Waals surface area contributed by atoms with E-state index in [-0.39, 0.29) is 0 Å². The van der Waals surface area contributed by atoms with E-state index in [1.165, 1.54) is 16.6 Å². The predicted molar refractivity (Wildman–Crippen MR) is 98.9 cm³/mol. The zero-order valence-electron chi connectivity index (χ0n) is 14.0. The van der Waals surface area contributed by atoms with Gasteiger partial charge in [0.05, 0.1) is 13.3 Å². The van der Waals surface area contributed by atoms with Gasteiger partial charge in [-0.25, -0.2) is 0 Å². The average Bonchev–Trinajstić information content (AvgIpc) is 3.03. The minimum absolute atomic E-state index is 0.432. The van der Waals surface area contributed by atoms with Gasteiger partial charge in [0.25, 0.3) is 0 Å². The van der Waals surface area contributed by atoms with Crippen LogP contribution in [0.3, 0.4) is 0 Å². The van der Waals surface area contributed by atoms with E-state index in [2.05, 4.69) is 34.4 Å². The maximum absolute atomic E-state index is 5.89. The highest BCUT2D eigenvalue weighted by molar-refractivity contribution is 7.71. The van der Waals surface area contributed by atoms with Crippen molar-refractivity contribution in [2.45, 2.75) is 13.5 Å². The number of methoxy groups -OCH3 is 1. The molecule has 3 rings (SSSR count). The van der Waals surface area contributed by atoms with Crippen LogP contribution >= 0.6 is 12.2 Å². The summed E-state index contributed by atoms with van der Waals surface area (Å²) >= 11 is 5.05. The standard InChI is InChI=1S/C18H18N4O2S/c1-13-4-3-5-15(8-13)11-24-16-7-6-14(9-17(16)23-2)10-20-22-12-19-21-18(22)25/h3-10,12H,11H2,1-2H3,(H,21,25)/b20-10-. The van der Waals surface area contributed by atoms with Gasteiger partial charge in [0.15, 0.2) is 11.5 Å². The molecule has 6 nitrogen and oxygen atoms in total. The smallest absolute Gasteiger partial charge is 0.216 e. The van der Waals surface area contributed by atoms with Crippen LogP contribution < -0.4 is 9.47 Å². The first-order chi connectivity index (χ1) is 12.2. The number of nitrogens with one attached hydrogen (secondary N) is 1. The van der Waals surface area contributed by atoms with E-state index in [0.29, 0.717) is 22.9 Å². The largest absolute Gasteiger partial charge is 0.493 e. The molecule has 0 aliphatic heterocycles. The Hall–Kier alpha value is -2.93. The Kier molecular flexibility index (Phi) is 5.25. The highest BCUT2D eigenvalue weighted by atomic mass is 32.1. The molecule has 2 aromatic carbocycles. The first kappa shape index (κ1) is 16.9. The molecule has 0 aliphatic rings. The average molecular weight is 354 g/mol. The summed E-state index contributed by atoms with van der Waals surface area (Å²) < 4.78 is 13.2. The van der Waals surface area contributed by atoms with E-state index in [4.69, 9.17) is 21.7 Å². The first-order valence-electron chi connectivity index (χ1n) is 7.68. The highest BCUT2D eigenvalue weighted by Crippen LogP contribution is 2.28. The van der Waals surface area contributed by atoms with Crippen molar-refractivity contribution in [3.8, 4) is 11.5 Å². The molecular formula is C18H18N4O2S. The summed E-state index contributed by atoms with van der Waals surface area (Å²) in [6.45, 7) is 2.54. The summed E-state index contributed by atoms with van der Waals surface area (Å²) in [5, 5.41) is 10.7. The van der Waals surface area contributed by atoms with Crippen LogP contribution in [0.15, 0.2) is 53.9 Å². The molecule has 0 fully saturated rings. The van der Waals surface area contributed by atoms with E-state index in [1.54, 1.807) is 13.3 Å². The second kappa shape index (κ2) is 7.76. The van der Waals surface area contributed by atoms with Gasteiger partial charge in [-0.2, -0.15) is 14.9 Å². The Bertz CT molecular complexity index is 946. The molecule has 0 unspecified atom stereocenters. The minimum Gasteiger partial charge on any atom is -0.493 e. The van der Waals surface area contributed by atoms with Gasteiger partial charge in [0.2, 0.25) is 4.77 Å². The van der Waals surface area contributed by atoms with Crippen molar-refractivity contribution in [2.75, 3.05) is 7.11 Å². The van der Waals surface area contributed by atoms with Crippen LogP contribution in [0.2, 0.25) is 0 Å². The van der Waals surface area contributed by atoms with Crippen molar-refractivity contribution < 1.29 is 9.47 Å². The van der Waals surface area contributed by atoms with E-state index in [1.807, 2.05) is 30.3 Å². The fourth-order valence-electron chi connectivity index (χ4n) is 2.30. The van der Waals surface area contributed by atoms with Gasteiger partial charge in [-0.15, -0.1) is 0 Å². The molecule has 3 aromatic rings. The molecule has 0 spiro atoms. The van der Waals surface area contributed by atoms with E-state index in [0.717, 1.165) is 11.1 Å². The summed E-state index contributed by atoms with van der Waals surface area (Å²) in [6, 6.07) is 13.8. The molecule has 0 saturated carbocycles. The number of hydrogen-bond acceptors (Lipinski definition) is 5. The second-order valence-corrected chi connectivity index (χ2v) is 5.83. The highest BCUT2D eigenvalue weighted by Gasteiger charge is 2.06. The van der Waals surface area contributed by atoms with Crippen LogP contribution in [-0.4, -0.2) is 28.2 Å². The Morgan fingerprint density at radius 1 is 1.24 bits per heavy atom. The van der Waals surface area contributed by atoms with Gasteiger partial charge in [-0.3, -0.25) is 5.10 Å². The molecule has 1 aromatic heterocycles. The number of benzene rings is 2. The van der Waals surface area contributed by atoms with E-state index >= 15 is 0 Å². The van der Waals surface area contributed by atoms with Gasteiger partial charge in [0.1, 0.15) is 12.9 Å². The molecule has 0 aliphatic carbocycles. The predicted octanol–water partition coefficient (Wildman–Crippen LogP) is 3.72. The topological polar surface area (TPSA) is 64.4 Å². The fraction of sp³-hybridized carbons (Fsp3) is 0.167. The summed E-state index contributed by atoms with van der Waals surface area (Å²) in [5.41, 5.74) is 3.18. The molecule has 0 atom stereocenters. The molecule has 1 heterocycles. The molecular weight excluding hydrogens is 336 g/mol. The summed E-state index contributed by atoms with van der Waals surface area (Å²) in [7, 11) is 1.61. The van der Waals surface area contributed by atoms with Crippen molar-refractivity contribution in [3.63, 3.8) is 0 Å². The second-order valence-electron chi connectivity index (χ2n) is 5.44.